The van der Waals surface area contributed by atoms with E-state index in [9.17, 15) is 21.6 Å². The van der Waals surface area contributed by atoms with Crippen LogP contribution in [-0.2, 0) is 23.2 Å². The van der Waals surface area contributed by atoms with Crippen LogP contribution in [0.3, 0.4) is 0 Å². The van der Waals surface area contributed by atoms with E-state index in [2.05, 4.69) is 26.9 Å². The number of halogens is 3. The van der Waals surface area contributed by atoms with Crippen LogP contribution >= 0.6 is 0 Å². The first-order valence-electron chi connectivity index (χ1n) is 9.81. The third-order valence-corrected chi connectivity index (χ3v) is 6.84. The van der Waals surface area contributed by atoms with Gasteiger partial charge in [0, 0.05) is 41.1 Å². The van der Waals surface area contributed by atoms with E-state index in [1.165, 1.54) is 6.07 Å². The van der Waals surface area contributed by atoms with Gasteiger partial charge in [-0.3, -0.25) is 0 Å². The summed E-state index contributed by atoms with van der Waals surface area (Å²) in [4.78, 5) is 0. The smallest absolute Gasteiger partial charge is 0.375 e. The molecule has 0 radical (unpaired) electrons. The Morgan fingerprint density at radius 3 is 2.52 bits per heavy atom. The molecule has 0 spiro atoms. The lowest BCUT2D eigenvalue weighted by Gasteiger charge is -2.19. The topological polar surface area (TPSA) is 53.2 Å². The summed E-state index contributed by atoms with van der Waals surface area (Å²) in [5.74, 6) is -0.327. The van der Waals surface area contributed by atoms with Crippen molar-refractivity contribution < 1.29 is 25.8 Å². The van der Waals surface area contributed by atoms with Crippen molar-refractivity contribution in [1.82, 2.24) is 9.13 Å². The first-order valence-corrected chi connectivity index (χ1v) is 11.2. The maximum Gasteiger partial charge on any atom is 0.534 e. The second-order valence-electron chi connectivity index (χ2n) is 7.87. The molecule has 4 aromatic rings. The Balaban J connectivity index is 1.79. The van der Waals surface area contributed by atoms with Crippen LogP contribution in [0.5, 0.6) is 5.75 Å². The lowest BCUT2D eigenvalue weighted by molar-refractivity contribution is -0.0499. The molecule has 3 heterocycles. The van der Waals surface area contributed by atoms with Crippen LogP contribution in [0.15, 0.2) is 42.6 Å². The van der Waals surface area contributed by atoms with E-state index in [1.54, 1.807) is 18.3 Å². The standard InChI is InChI=1S/C22H19F3N2O3S/c1-13-4-5-15-14(2)20-17-6-7-19(30-31(28,29)22(23,24)25)16-8-11-26(21(16)17)9-3-10-27(20)18(15)12-13/h4-8,11-12H,3,9-10H2,1-2H3. The minimum atomic E-state index is -5.76. The number of hydrogen-bond donors (Lipinski definition) is 0. The molecule has 0 bridgehead atoms. The van der Waals surface area contributed by atoms with Gasteiger partial charge in [-0.05, 0) is 55.7 Å². The number of alkyl halides is 3. The van der Waals surface area contributed by atoms with Gasteiger partial charge in [0.2, 0.25) is 0 Å². The quantitative estimate of drug-likeness (QED) is 0.300. The van der Waals surface area contributed by atoms with Gasteiger partial charge in [0.1, 0.15) is 0 Å². The molecule has 0 N–H and O–H groups in total. The number of rotatable bonds is 2. The van der Waals surface area contributed by atoms with E-state index in [0.717, 1.165) is 46.3 Å². The Labute approximate surface area is 176 Å². The Bertz CT molecular complexity index is 1460. The van der Waals surface area contributed by atoms with Crippen LogP contribution in [0.2, 0.25) is 0 Å². The minimum absolute atomic E-state index is 0.327. The summed E-state index contributed by atoms with van der Waals surface area (Å²) in [6.45, 7) is 5.51. The monoisotopic (exact) mass is 448 g/mol. The molecule has 0 aliphatic carbocycles. The first kappa shape index (κ1) is 20.0. The van der Waals surface area contributed by atoms with Crippen LogP contribution < -0.4 is 4.18 Å². The van der Waals surface area contributed by atoms with Gasteiger partial charge in [-0.1, -0.05) is 12.1 Å². The average molecular weight is 448 g/mol. The van der Waals surface area contributed by atoms with E-state index in [4.69, 9.17) is 0 Å². The van der Waals surface area contributed by atoms with Gasteiger partial charge in [-0.15, -0.1) is 0 Å². The zero-order valence-electron chi connectivity index (χ0n) is 16.8. The van der Waals surface area contributed by atoms with Crippen molar-refractivity contribution in [2.45, 2.75) is 38.9 Å². The molecule has 0 amide bonds. The highest BCUT2D eigenvalue weighted by atomic mass is 32.2. The zero-order chi connectivity index (χ0) is 22.1. The Morgan fingerprint density at radius 2 is 1.77 bits per heavy atom. The third kappa shape index (κ3) is 2.94. The highest BCUT2D eigenvalue weighted by Gasteiger charge is 2.48. The summed E-state index contributed by atoms with van der Waals surface area (Å²) >= 11 is 0. The van der Waals surface area contributed by atoms with Gasteiger partial charge in [-0.2, -0.15) is 21.6 Å². The van der Waals surface area contributed by atoms with E-state index in [1.807, 2.05) is 18.4 Å². The zero-order valence-corrected chi connectivity index (χ0v) is 17.6. The summed E-state index contributed by atoms with van der Waals surface area (Å²) in [7, 11) is -5.76. The SMILES string of the molecule is Cc1ccc2c(C)c3n(c2c1)CCCn1ccc2c(OS(=O)(=O)C(F)(F)F)ccc-3c21. The Hall–Kier alpha value is -2.94. The van der Waals surface area contributed by atoms with Gasteiger partial charge in [-0.25, -0.2) is 0 Å². The van der Waals surface area contributed by atoms with Gasteiger partial charge in [0.25, 0.3) is 0 Å². The van der Waals surface area contributed by atoms with Crippen molar-refractivity contribution in [1.29, 1.82) is 0 Å². The summed E-state index contributed by atoms with van der Waals surface area (Å²) in [6, 6.07) is 10.8. The molecule has 1 aliphatic rings. The lowest BCUT2D eigenvalue weighted by Crippen LogP contribution is -2.28. The molecule has 9 heteroatoms. The number of benzene rings is 2. The van der Waals surface area contributed by atoms with Crippen LogP contribution in [0, 0.1) is 13.8 Å². The predicted molar refractivity (Wildman–Crippen MR) is 113 cm³/mol. The fraction of sp³-hybridized carbons (Fsp3) is 0.273. The highest BCUT2D eigenvalue weighted by molar-refractivity contribution is 7.88. The summed E-state index contributed by atoms with van der Waals surface area (Å²) in [5.41, 5.74) is 0.316. The summed E-state index contributed by atoms with van der Waals surface area (Å²) < 4.78 is 70.6. The minimum Gasteiger partial charge on any atom is -0.375 e. The van der Waals surface area contributed by atoms with Crippen molar-refractivity contribution in [3.8, 4) is 17.0 Å². The molecule has 2 aromatic carbocycles. The second kappa shape index (κ2) is 6.53. The Kier molecular flexibility index (Phi) is 4.21. The highest BCUT2D eigenvalue weighted by Crippen LogP contribution is 2.42. The maximum absolute atomic E-state index is 12.9. The van der Waals surface area contributed by atoms with Crippen molar-refractivity contribution >= 4 is 31.9 Å². The van der Waals surface area contributed by atoms with Gasteiger partial charge in [0.05, 0.1) is 11.2 Å². The van der Waals surface area contributed by atoms with Crippen LogP contribution in [0.1, 0.15) is 17.5 Å². The van der Waals surface area contributed by atoms with Crippen LogP contribution in [0.25, 0.3) is 33.1 Å². The lowest BCUT2D eigenvalue weighted by atomic mass is 10.0. The van der Waals surface area contributed by atoms with Crippen molar-refractivity contribution in [3.05, 3.63) is 53.7 Å². The number of aromatic nitrogens is 2. The molecule has 0 saturated carbocycles. The molecule has 5 rings (SSSR count). The molecule has 2 aromatic heterocycles. The number of fused-ring (bicyclic) bond motifs is 4. The molecular weight excluding hydrogens is 429 g/mol. The molecule has 0 atom stereocenters. The van der Waals surface area contributed by atoms with Crippen molar-refractivity contribution in [3.63, 3.8) is 0 Å². The van der Waals surface area contributed by atoms with Crippen LogP contribution in [0.4, 0.5) is 13.2 Å². The molecule has 1 aliphatic heterocycles. The molecule has 31 heavy (non-hydrogen) atoms. The second-order valence-corrected chi connectivity index (χ2v) is 9.40. The van der Waals surface area contributed by atoms with Crippen molar-refractivity contribution in [2.24, 2.45) is 0 Å². The van der Waals surface area contributed by atoms with E-state index < -0.39 is 15.6 Å². The molecule has 5 nitrogen and oxygen atoms in total. The van der Waals surface area contributed by atoms with Gasteiger partial charge >= 0.3 is 15.6 Å². The molecule has 0 fully saturated rings. The third-order valence-electron chi connectivity index (χ3n) is 5.88. The van der Waals surface area contributed by atoms with E-state index in [0.29, 0.717) is 17.4 Å². The molecule has 162 valence electrons. The van der Waals surface area contributed by atoms with Crippen LogP contribution in [-0.4, -0.2) is 23.1 Å². The van der Waals surface area contributed by atoms with E-state index >= 15 is 0 Å². The average Bonchev–Trinajstić information content (AvgIpc) is 3.20. The van der Waals surface area contributed by atoms with Gasteiger partial charge in [0.15, 0.2) is 5.75 Å². The first-order chi connectivity index (χ1) is 14.6. The normalized spacial score (nSPS) is 14.5. The molecule has 0 saturated heterocycles. The number of nitrogens with zero attached hydrogens (tertiary/aromatic N) is 2. The fourth-order valence-electron chi connectivity index (χ4n) is 4.53. The molecular formula is C22H19F3N2O3S. The fourth-order valence-corrected chi connectivity index (χ4v) is 5.00. The summed E-state index contributed by atoms with van der Waals surface area (Å²) in [6.07, 6.45) is 2.58. The Morgan fingerprint density at radius 1 is 1.00 bits per heavy atom. The largest absolute Gasteiger partial charge is 0.534 e. The predicted octanol–water partition coefficient (Wildman–Crippen LogP) is 5.51. The summed E-state index contributed by atoms with van der Waals surface area (Å²) in [5, 5.41) is 1.45. The van der Waals surface area contributed by atoms with E-state index in [-0.39, 0.29) is 5.75 Å². The van der Waals surface area contributed by atoms with Crippen molar-refractivity contribution in [2.75, 3.05) is 0 Å². The number of hydrogen-bond acceptors (Lipinski definition) is 3. The maximum atomic E-state index is 12.9. The molecule has 0 unspecified atom stereocenters. The number of aryl methyl sites for hydroxylation is 4. The van der Waals surface area contributed by atoms with Gasteiger partial charge < -0.3 is 13.3 Å².